The summed E-state index contributed by atoms with van der Waals surface area (Å²) in [5.74, 6) is 2.03. The van der Waals surface area contributed by atoms with Crippen LogP contribution in [0.5, 0.6) is 0 Å². The molecule has 0 radical (unpaired) electrons. The van der Waals surface area contributed by atoms with Gasteiger partial charge >= 0.3 is 0 Å². The number of piperazine rings is 1. The minimum Gasteiger partial charge on any atom is -0.356 e. The third kappa shape index (κ3) is 4.02. The molecule has 0 spiro atoms. The molecule has 2 aliphatic rings. The van der Waals surface area contributed by atoms with Crippen molar-refractivity contribution in [2.24, 2.45) is 5.92 Å². The summed E-state index contributed by atoms with van der Waals surface area (Å²) in [5, 5.41) is 1.25. The van der Waals surface area contributed by atoms with Gasteiger partial charge in [-0.2, -0.15) is 0 Å². The van der Waals surface area contributed by atoms with Gasteiger partial charge in [-0.25, -0.2) is 9.97 Å². The van der Waals surface area contributed by atoms with Crippen LogP contribution in [-0.2, 0) is 6.42 Å². The van der Waals surface area contributed by atoms with E-state index in [9.17, 15) is 0 Å². The van der Waals surface area contributed by atoms with Crippen molar-refractivity contribution in [2.75, 3.05) is 57.8 Å². The van der Waals surface area contributed by atoms with E-state index in [0.717, 1.165) is 36.1 Å². The van der Waals surface area contributed by atoms with Gasteiger partial charge in [0.15, 0.2) is 0 Å². The van der Waals surface area contributed by atoms with Gasteiger partial charge < -0.3 is 14.7 Å². The first-order chi connectivity index (χ1) is 12.7. The summed E-state index contributed by atoms with van der Waals surface area (Å²) in [6, 6.07) is 2.30. The molecule has 5 nitrogen and oxygen atoms in total. The van der Waals surface area contributed by atoms with Crippen molar-refractivity contribution in [3.05, 3.63) is 17.3 Å². The van der Waals surface area contributed by atoms with Gasteiger partial charge in [0.05, 0.1) is 5.39 Å². The van der Waals surface area contributed by atoms with Gasteiger partial charge in [-0.1, -0.05) is 6.92 Å². The molecule has 0 unspecified atom stereocenters. The van der Waals surface area contributed by atoms with Crippen LogP contribution in [0.3, 0.4) is 0 Å². The lowest BCUT2D eigenvalue weighted by molar-refractivity contribution is 0.144. The van der Waals surface area contributed by atoms with Crippen LogP contribution in [0.4, 0.5) is 5.82 Å². The third-order valence-electron chi connectivity index (χ3n) is 6.07. The van der Waals surface area contributed by atoms with Gasteiger partial charge in [0.2, 0.25) is 0 Å². The highest BCUT2D eigenvalue weighted by Gasteiger charge is 2.23. The lowest BCUT2D eigenvalue weighted by Crippen LogP contribution is -2.45. The summed E-state index contributed by atoms with van der Waals surface area (Å²) in [4.78, 5) is 19.2. The molecule has 4 heterocycles. The van der Waals surface area contributed by atoms with Gasteiger partial charge in [0, 0.05) is 44.1 Å². The van der Waals surface area contributed by atoms with E-state index >= 15 is 0 Å². The second-order valence-electron chi connectivity index (χ2n) is 7.85. The molecule has 6 heteroatoms. The average molecular weight is 374 g/mol. The highest BCUT2D eigenvalue weighted by Crippen LogP contribution is 2.33. The summed E-state index contributed by atoms with van der Waals surface area (Å²) >= 11 is 1.81. The zero-order valence-electron chi connectivity index (χ0n) is 16.2. The number of aryl methyl sites for hydroxylation is 1. The second-order valence-corrected chi connectivity index (χ2v) is 8.96. The highest BCUT2D eigenvalue weighted by molar-refractivity contribution is 7.18. The summed E-state index contributed by atoms with van der Waals surface area (Å²) < 4.78 is 0. The number of piperidine rings is 1. The second kappa shape index (κ2) is 8.19. The molecule has 0 aromatic carbocycles. The Balaban J connectivity index is 1.32. The first-order valence-corrected chi connectivity index (χ1v) is 10.9. The van der Waals surface area contributed by atoms with E-state index in [2.05, 4.69) is 44.7 Å². The Morgan fingerprint density at radius 3 is 2.58 bits per heavy atom. The molecule has 142 valence electrons. The van der Waals surface area contributed by atoms with Crippen LogP contribution < -0.4 is 4.90 Å². The number of hydrogen-bond acceptors (Lipinski definition) is 6. The molecule has 0 saturated carbocycles. The van der Waals surface area contributed by atoms with Crippen molar-refractivity contribution in [3.63, 3.8) is 0 Å². The number of aromatic nitrogens is 2. The van der Waals surface area contributed by atoms with Crippen molar-refractivity contribution in [3.8, 4) is 0 Å². The molecule has 26 heavy (non-hydrogen) atoms. The zero-order valence-corrected chi connectivity index (χ0v) is 17.0. The van der Waals surface area contributed by atoms with Gasteiger partial charge in [0.1, 0.15) is 17.0 Å². The van der Waals surface area contributed by atoms with Gasteiger partial charge in [-0.05, 0) is 51.3 Å². The predicted octanol–water partition coefficient (Wildman–Crippen LogP) is 3.11. The Labute approximate surface area is 161 Å². The summed E-state index contributed by atoms with van der Waals surface area (Å²) in [6.07, 6.45) is 6.77. The quantitative estimate of drug-likeness (QED) is 0.805. The SMILES string of the molecule is CCc1cc2c(N3CCC(CCN4CCN(C)CC4)CC3)ncnc2s1. The third-order valence-corrected chi connectivity index (χ3v) is 7.26. The van der Waals surface area contributed by atoms with E-state index < -0.39 is 0 Å². The smallest absolute Gasteiger partial charge is 0.140 e. The number of anilines is 1. The Kier molecular flexibility index (Phi) is 5.72. The van der Waals surface area contributed by atoms with Crippen LogP contribution in [0.25, 0.3) is 10.2 Å². The monoisotopic (exact) mass is 373 g/mol. The van der Waals surface area contributed by atoms with Crippen LogP contribution >= 0.6 is 11.3 Å². The molecule has 2 aromatic rings. The average Bonchev–Trinajstić information content (AvgIpc) is 3.11. The number of nitrogens with zero attached hydrogens (tertiary/aromatic N) is 5. The maximum absolute atomic E-state index is 4.64. The fourth-order valence-corrected chi connectivity index (χ4v) is 5.12. The number of rotatable bonds is 5. The Bertz CT molecular complexity index is 714. The normalized spacial score (nSPS) is 20.9. The molecule has 0 N–H and O–H groups in total. The number of thiophene rings is 1. The van der Waals surface area contributed by atoms with E-state index in [0.29, 0.717) is 0 Å². The minimum absolute atomic E-state index is 0.872. The fourth-order valence-electron chi connectivity index (χ4n) is 4.19. The molecular formula is C20H31N5S. The first-order valence-electron chi connectivity index (χ1n) is 10.1. The van der Waals surface area contributed by atoms with Crippen LogP contribution in [0.1, 0.15) is 31.1 Å². The summed E-state index contributed by atoms with van der Waals surface area (Å²) in [6.45, 7) is 10.7. The molecule has 0 atom stereocenters. The van der Waals surface area contributed by atoms with Gasteiger partial charge in [-0.3, -0.25) is 0 Å². The molecule has 0 aliphatic carbocycles. The number of likely N-dealkylation sites (N-methyl/N-ethyl adjacent to an activating group) is 1. The number of hydrogen-bond donors (Lipinski definition) is 0. The van der Waals surface area contributed by atoms with E-state index in [-0.39, 0.29) is 0 Å². The van der Waals surface area contributed by atoms with Crippen molar-refractivity contribution < 1.29 is 0 Å². The van der Waals surface area contributed by atoms with E-state index in [4.69, 9.17) is 0 Å². The molecule has 2 aromatic heterocycles. The first kappa shape index (κ1) is 18.1. The van der Waals surface area contributed by atoms with Gasteiger partial charge in [-0.15, -0.1) is 11.3 Å². The maximum atomic E-state index is 4.64. The Hall–Kier alpha value is -1.24. The molecule has 0 bridgehead atoms. The Morgan fingerprint density at radius 2 is 1.85 bits per heavy atom. The summed E-state index contributed by atoms with van der Waals surface area (Å²) in [5.41, 5.74) is 0. The lowest BCUT2D eigenvalue weighted by Gasteiger charge is -2.36. The van der Waals surface area contributed by atoms with Crippen LogP contribution in [0.2, 0.25) is 0 Å². The van der Waals surface area contributed by atoms with Gasteiger partial charge in [0.25, 0.3) is 0 Å². The van der Waals surface area contributed by atoms with E-state index in [1.165, 1.54) is 62.2 Å². The van der Waals surface area contributed by atoms with E-state index in [1.807, 2.05) is 11.3 Å². The molecule has 4 rings (SSSR count). The van der Waals surface area contributed by atoms with Crippen molar-refractivity contribution in [2.45, 2.75) is 32.6 Å². The maximum Gasteiger partial charge on any atom is 0.140 e. The van der Waals surface area contributed by atoms with E-state index in [1.54, 1.807) is 6.33 Å². The van der Waals surface area contributed by atoms with Crippen molar-refractivity contribution >= 4 is 27.4 Å². The molecule has 0 amide bonds. The standard InChI is InChI=1S/C20H31N5S/c1-3-17-14-18-19(21-15-22-20(18)26-17)25-8-5-16(6-9-25)4-7-24-12-10-23(2)11-13-24/h14-16H,3-13H2,1-2H3. The molecule has 2 saturated heterocycles. The largest absolute Gasteiger partial charge is 0.356 e. The van der Waals surface area contributed by atoms with Crippen molar-refractivity contribution in [1.82, 2.24) is 19.8 Å². The molecule has 2 aliphatic heterocycles. The zero-order chi connectivity index (χ0) is 17.9. The Morgan fingerprint density at radius 1 is 1.08 bits per heavy atom. The highest BCUT2D eigenvalue weighted by atomic mass is 32.1. The topological polar surface area (TPSA) is 35.5 Å². The van der Waals surface area contributed by atoms with Crippen LogP contribution in [-0.4, -0.2) is 72.6 Å². The molecular weight excluding hydrogens is 342 g/mol. The predicted molar refractivity (Wildman–Crippen MR) is 110 cm³/mol. The van der Waals surface area contributed by atoms with Crippen LogP contribution in [0, 0.1) is 5.92 Å². The molecule has 2 fully saturated rings. The fraction of sp³-hybridized carbons (Fsp3) is 0.700. The lowest BCUT2D eigenvalue weighted by atomic mass is 9.93. The number of fused-ring (bicyclic) bond motifs is 1. The minimum atomic E-state index is 0.872. The van der Waals surface area contributed by atoms with Crippen molar-refractivity contribution in [1.29, 1.82) is 0 Å². The van der Waals surface area contributed by atoms with Crippen LogP contribution in [0.15, 0.2) is 12.4 Å². The summed E-state index contributed by atoms with van der Waals surface area (Å²) in [7, 11) is 2.23.